The molecule has 2 heterocycles. The number of aromatic nitrogens is 3. The second-order valence-electron chi connectivity index (χ2n) is 6.98. The van der Waals surface area contributed by atoms with Crippen LogP contribution in [0.4, 0.5) is 5.13 Å². The average Bonchev–Trinajstić information content (AvgIpc) is 3.34. The van der Waals surface area contributed by atoms with Crippen molar-refractivity contribution in [3.05, 3.63) is 75.8 Å². The second-order valence-corrected chi connectivity index (χ2v) is 8.18. The van der Waals surface area contributed by atoms with Gasteiger partial charge in [0, 0.05) is 10.9 Å². The number of aryl methyl sites for hydroxylation is 2. The summed E-state index contributed by atoms with van der Waals surface area (Å²) in [4.78, 5) is 17.0. The number of rotatable bonds is 7. The maximum absolute atomic E-state index is 12.4. The number of hydrogen-bond donors (Lipinski definition) is 1. The van der Waals surface area contributed by atoms with E-state index in [-0.39, 0.29) is 23.9 Å². The minimum atomic E-state index is -0.291. The van der Waals surface area contributed by atoms with Gasteiger partial charge in [0.05, 0.1) is 5.69 Å². The van der Waals surface area contributed by atoms with Gasteiger partial charge in [-0.05, 0) is 43.8 Å². The van der Waals surface area contributed by atoms with Gasteiger partial charge >= 0.3 is 0 Å². The Bertz CT molecular complexity index is 1260. The molecule has 0 fully saturated rings. The zero-order valence-corrected chi connectivity index (χ0v) is 18.6. The molecule has 0 atom stereocenters. The summed E-state index contributed by atoms with van der Waals surface area (Å²) in [5, 5.41) is 9.43. The fourth-order valence-corrected chi connectivity index (χ4v) is 3.78. The molecule has 0 radical (unpaired) electrons. The van der Waals surface area contributed by atoms with Gasteiger partial charge in [0.25, 0.3) is 10.7 Å². The largest absolute Gasteiger partial charge is 0.484 e. The Balaban J connectivity index is 1.35. The number of nitrogens with one attached hydrogen (secondary N) is 1. The van der Waals surface area contributed by atoms with Crippen molar-refractivity contribution in [1.29, 1.82) is 0 Å². The van der Waals surface area contributed by atoms with Crippen LogP contribution in [0.1, 0.15) is 17.0 Å². The monoisotopic (exact) mass is 452 g/mol. The highest BCUT2D eigenvalue weighted by molar-refractivity contribution is 7.71. The summed E-state index contributed by atoms with van der Waals surface area (Å²) in [5.41, 5.74) is 4.09. The lowest BCUT2D eigenvalue weighted by Crippen LogP contribution is -2.19. The summed E-state index contributed by atoms with van der Waals surface area (Å²) in [7, 11) is 0. The SMILES string of the molecule is Cc1ccc(-c2csc(NC(=O)Cn3nc(COc4cccc(C)c4)oc3=S)n2)cc1. The lowest BCUT2D eigenvalue weighted by molar-refractivity contribution is -0.117. The number of ether oxygens (including phenoxy) is 1. The van der Waals surface area contributed by atoms with Gasteiger partial charge in [-0.3, -0.25) is 4.79 Å². The highest BCUT2D eigenvalue weighted by Gasteiger charge is 2.13. The van der Waals surface area contributed by atoms with E-state index in [4.69, 9.17) is 21.4 Å². The zero-order chi connectivity index (χ0) is 21.8. The van der Waals surface area contributed by atoms with Crippen molar-refractivity contribution in [3.8, 4) is 17.0 Å². The van der Waals surface area contributed by atoms with Gasteiger partial charge in [-0.25, -0.2) is 9.67 Å². The smallest absolute Gasteiger partial charge is 0.287 e. The Kier molecular flexibility index (Phi) is 6.24. The molecule has 0 saturated heterocycles. The molecule has 2 aromatic heterocycles. The molecule has 0 bridgehead atoms. The van der Waals surface area contributed by atoms with Crippen LogP contribution in [0.25, 0.3) is 11.3 Å². The number of carbonyl (C=O) groups excluding carboxylic acids is 1. The van der Waals surface area contributed by atoms with Crippen LogP contribution in [0, 0.1) is 18.7 Å². The molecular formula is C22H20N4O3S2. The highest BCUT2D eigenvalue weighted by atomic mass is 32.1. The van der Waals surface area contributed by atoms with Crippen molar-refractivity contribution in [3.63, 3.8) is 0 Å². The van der Waals surface area contributed by atoms with Crippen molar-refractivity contribution >= 4 is 34.6 Å². The van der Waals surface area contributed by atoms with E-state index in [1.165, 1.54) is 21.6 Å². The van der Waals surface area contributed by atoms with Gasteiger partial charge in [0.15, 0.2) is 11.7 Å². The van der Waals surface area contributed by atoms with Gasteiger partial charge in [0.2, 0.25) is 5.91 Å². The number of benzene rings is 2. The Morgan fingerprint density at radius 3 is 2.77 bits per heavy atom. The average molecular weight is 453 g/mol. The number of amides is 1. The number of nitrogens with zero attached hydrogens (tertiary/aromatic N) is 3. The molecule has 7 nitrogen and oxygen atoms in total. The minimum absolute atomic E-state index is 0.0772. The molecule has 0 aliphatic carbocycles. The van der Waals surface area contributed by atoms with E-state index in [2.05, 4.69) is 15.4 Å². The van der Waals surface area contributed by atoms with Crippen LogP contribution in [-0.2, 0) is 17.9 Å². The minimum Gasteiger partial charge on any atom is -0.484 e. The van der Waals surface area contributed by atoms with Gasteiger partial charge in [-0.2, -0.15) is 0 Å². The zero-order valence-electron chi connectivity index (χ0n) is 17.0. The van der Waals surface area contributed by atoms with Crippen molar-refractivity contribution in [2.75, 3.05) is 5.32 Å². The van der Waals surface area contributed by atoms with Gasteiger partial charge in [-0.1, -0.05) is 42.0 Å². The molecule has 4 rings (SSSR count). The molecule has 0 aliphatic heterocycles. The third-order valence-corrected chi connectivity index (χ3v) is 5.44. The fraction of sp³-hybridized carbons (Fsp3) is 0.182. The third kappa shape index (κ3) is 5.44. The van der Waals surface area contributed by atoms with Crippen molar-refractivity contribution in [1.82, 2.24) is 14.8 Å². The van der Waals surface area contributed by atoms with Crippen LogP contribution in [0.15, 0.2) is 58.3 Å². The molecule has 0 saturated carbocycles. The summed E-state index contributed by atoms with van der Waals surface area (Å²) in [6, 6.07) is 15.7. The first-order chi connectivity index (χ1) is 15.0. The molecule has 0 spiro atoms. The van der Waals surface area contributed by atoms with E-state index >= 15 is 0 Å². The molecule has 158 valence electrons. The molecule has 9 heteroatoms. The lowest BCUT2D eigenvalue weighted by atomic mass is 10.1. The number of anilines is 1. The molecule has 31 heavy (non-hydrogen) atoms. The summed E-state index contributed by atoms with van der Waals surface area (Å²) >= 11 is 6.53. The first kappa shape index (κ1) is 21.0. The van der Waals surface area contributed by atoms with Crippen LogP contribution < -0.4 is 10.1 Å². The van der Waals surface area contributed by atoms with Crippen LogP contribution >= 0.6 is 23.6 Å². The summed E-state index contributed by atoms with van der Waals surface area (Å²) in [6.45, 7) is 4.06. The Morgan fingerprint density at radius 2 is 2.00 bits per heavy atom. The van der Waals surface area contributed by atoms with E-state index < -0.39 is 0 Å². The van der Waals surface area contributed by atoms with E-state index in [0.717, 1.165) is 16.8 Å². The molecule has 0 aliphatic rings. The normalized spacial score (nSPS) is 10.8. The maximum atomic E-state index is 12.4. The molecule has 2 aromatic carbocycles. The predicted octanol–water partition coefficient (Wildman–Crippen LogP) is 5.16. The predicted molar refractivity (Wildman–Crippen MR) is 122 cm³/mol. The lowest BCUT2D eigenvalue weighted by Gasteiger charge is -2.03. The topological polar surface area (TPSA) is 82.2 Å². The Morgan fingerprint density at radius 1 is 1.19 bits per heavy atom. The third-order valence-electron chi connectivity index (χ3n) is 4.39. The first-order valence-corrected chi connectivity index (χ1v) is 10.8. The molecular weight excluding hydrogens is 432 g/mol. The second kappa shape index (κ2) is 9.23. The van der Waals surface area contributed by atoms with E-state index in [9.17, 15) is 4.79 Å². The van der Waals surface area contributed by atoms with Crippen molar-refractivity contribution in [2.45, 2.75) is 27.0 Å². The van der Waals surface area contributed by atoms with Gasteiger partial charge in [0.1, 0.15) is 12.3 Å². The number of carbonyl (C=O) groups is 1. The Labute approximate surface area is 188 Å². The van der Waals surface area contributed by atoms with Crippen LogP contribution in [0.5, 0.6) is 5.75 Å². The fourth-order valence-electron chi connectivity index (χ4n) is 2.84. The van der Waals surface area contributed by atoms with Gasteiger partial charge in [-0.15, -0.1) is 16.4 Å². The summed E-state index contributed by atoms with van der Waals surface area (Å²) < 4.78 is 12.4. The van der Waals surface area contributed by atoms with Crippen LogP contribution in [0.3, 0.4) is 0 Å². The molecule has 1 amide bonds. The summed E-state index contributed by atoms with van der Waals surface area (Å²) in [6.07, 6.45) is 0. The first-order valence-electron chi connectivity index (χ1n) is 9.55. The summed E-state index contributed by atoms with van der Waals surface area (Å²) in [5.74, 6) is 0.720. The number of thiazole rings is 1. The maximum Gasteiger partial charge on any atom is 0.287 e. The molecule has 1 N–H and O–H groups in total. The van der Waals surface area contributed by atoms with E-state index in [1.807, 2.05) is 67.8 Å². The standard InChI is InChI=1S/C22H20N4O3S2/c1-14-6-8-16(9-7-14)18-13-31-21(23-18)24-19(27)11-26-22(30)29-20(25-26)12-28-17-5-3-4-15(2)10-17/h3-10,13H,11-12H2,1-2H3,(H,23,24,27). The Hall–Kier alpha value is -3.30. The highest BCUT2D eigenvalue weighted by Crippen LogP contribution is 2.25. The van der Waals surface area contributed by atoms with Gasteiger partial charge < -0.3 is 14.5 Å². The van der Waals surface area contributed by atoms with Crippen molar-refractivity contribution < 1.29 is 13.9 Å². The van der Waals surface area contributed by atoms with Crippen LogP contribution in [0.2, 0.25) is 0 Å². The molecule has 0 unspecified atom stereocenters. The van der Waals surface area contributed by atoms with Crippen molar-refractivity contribution in [2.24, 2.45) is 0 Å². The quantitative estimate of drug-likeness (QED) is 0.390. The van der Waals surface area contributed by atoms with E-state index in [1.54, 1.807) is 0 Å². The van der Waals surface area contributed by atoms with E-state index in [0.29, 0.717) is 16.8 Å². The van der Waals surface area contributed by atoms with Crippen LogP contribution in [-0.4, -0.2) is 20.7 Å². The molecule has 4 aromatic rings. The number of hydrogen-bond acceptors (Lipinski definition) is 7.